The van der Waals surface area contributed by atoms with Crippen LogP contribution in [0.3, 0.4) is 0 Å². The highest BCUT2D eigenvalue weighted by atomic mass is 16.5. The van der Waals surface area contributed by atoms with Gasteiger partial charge in [0.2, 0.25) is 0 Å². The smallest absolute Gasteiger partial charge is 0.153 e. The molecule has 0 saturated carbocycles. The highest BCUT2D eigenvalue weighted by Crippen LogP contribution is 2.48. The van der Waals surface area contributed by atoms with E-state index < -0.39 is 6.10 Å². The normalized spacial score (nSPS) is 22.9. The van der Waals surface area contributed by atoms with E-state index in [0.29, 0.717) is 0 Å². The minimum atomic E-state index is -0.396. The Morgan fingerprint density at radius 1 is 1.04 bits per heavy atom. The van der Waals surface area contributed by atoms with Crippen LogP contribution < -0.4 is 0 Å². The van der Waals surface area contributed by atoms with Crippen LogP contribution >= 0.6 is 0 Å². The molecule has 0 amide bonds. The van der Waals surface area contributed by atoms with Gasteiger partial charge in [-0.3, -0.25) is 4.90 Å². The van der Waals surface area contributed by atoms with Crippen molar-refractivity contribution in [3.63, 3.8) is 0 Å². The zero-order chi connectivity index (χ0) is 15.7. The molecule has 2 aliphatic heterocycles. The average Bonchev–Trinajstić information content (AvgIpc) is 2.92. The molecule has 0 bridgehead atoms. The molecule has 118 valence electrons. The molecule has 1 spiro atoms. The highest BCUT2D eigenvalue weighted by molar-refractivity contribution is 5.63. The summed E-state index contributed by atoms with van der Waals surface area (Å²) in [7, 11) is 0. The van der Waals surface area contributed by atoms with E-state index in [0.717, 1.165) is 44.3 Å². The zero-order valence-electron chi connectivity index (χ0n) is 13.2. The summed E-state index contributed by atoms with van der Waals surface area (Å²) >= 11 is 0. The third-order valence-corrected chi connectivity index (χ3v) is 5.15. The Kier molecular flexibility index (Phi) is 3.76. The van der Waals surface area contributed by atoms with Crippen LogP contribution in [-0.2, 0) is 21.7 Å². The van der Waals surface area contributed by atoms with Gasteiger partial charge in [-0.05, 0) is 29.5 Å². The lowest BCUT2D eigenvalue weighted by Crippen LogP contribution is -2.42. The number of rotatable bonds is 3. The van der Waals surface area contributed by atoms with Crippen molar-refractivity contribution in [3.8, 4) is 0 Å². The lowest BCUT2D eigenvalue weighted by molar-refractivity contribution is -0.137. The van der Waals surface area contributed by atoms with Crippen molar-refractivity contribution in [2.45, 2.75) is 31.1 Å². The largest absolute Gasteiger partial charge is 0.355 e. The summed E-state index contributed by atoms with van der Waals surface area (Å²) < 4.78 is 6.21. The number of piperidine rings is 1. The van der Waals surface area contributed by atoms with Gasteiger partial charge in [0.15, 0.2) is 6.29 Å². The Morgan fingerprint density at radius 3 is 2.48 bits per heavy atom. The van der Waals surface area contributed by atoms with Gasteiger partial charge in [-0.15, -0.1) is 0 Å². The van der Waals surface area contributed by atoms with Crippen LogP contribution in [0.4, 0.5) is 0 Å². The molecule has 0 aliphatic carbocycles. The first-order valence-electron chi connectivity index (χ1n) is 8.29. The van der Waals surface area contributed by atoms with Crippen LogP contribution in [0.1, 0.15) is 35.6 Å². The lowest BCUT2D eigenvalue weighted by atomic mass is 9.83. The summed E-state index contributed by atoms with van der Waals surface area (Å²) in [4.78, 5) is 13.8. The second kappa shape index (κ2) is 5.91. The lowest BCUT2D eigenvalue weighted by Gasteiger charge is -2.39. The quantitative estimate of drug-likeness (QED) is 0.814. The number of hydrogen-bond acceptors (Lipinski definition) is 3. The molecule has 1 fully saturated rings. The van der Waals surface area contributed by atoms with Gasteiger partial charge in [0.25, 0.3) is 0 Å². The van der Waals surface area contributed by atoms with E-state index >= 15 is 0 Å². The van der Waals surface area contributed by atoms with E-state index in [1.165, 1.54) is 11.1 Å². The fraction of sp³-hybridized carbons (Fsp3) is 0.350. The van der Waals surface area contributed by atoms with E-state index in [1.807, 2.05) is 18.2 Å². The number of ether oxygens (including phenoxy) is 1. The van der Waals surface area contributed by atoms with Crippen LogP contribution in [0.2, 0.25) is 0 Å². The van der Waals surface area contributed by atoms with Gasteiger partial charge < -0.3 is 9.53 Å². The molecule has 2 aromatic rings. The predicted molar refractivity (Wildman–Crippen MR) is 89.0 cm³/mol. The predicted octanol–water partition coefficient (Wildman–Crippen LogP) is 3.45. The first kappa shape index (κ1) is 14.6. The number of hydrogen-bond donors (Lipinski definition) is 0. The second-order valence-electron chi connectivity index (χ2n) is 6.52. The minimum Gasteiger partial charge on any atom is -0.355 e. The molecule has 3 nitrogen and oxygen atoms in total. The molecule has 0 N–H and O–H groups in total. The summed E-state index contributed by atoms with van der Waals surface area (Å²) in [5, 5.41) is 0. The van der Waals surface area contributed by atoms with E-state index in [-0.39, 0.29) is 5.60 Å². The van der Waals surface area contributed by atoms with Crippen LogP contribution in [-0.4, -0.2) is 24.3 Å². The maximum Gasteiger partial charge on any atom is 0.153 e. The van der Waals surface area contributed by atoms with Gasteiger partial charge in [0.1, 0.15) is 6.10 Å². The maximum atomic E-state index is 11.4. The Labute approximate surface area is 136 Å². The van der Waals surface area contributed by atoms with Crippen molar-refractivity contribution in [1.82, 2.24) is 4.90 Å². The Morgan fingerprint density at radius 2 is 1.74 bits per heavy atom. The molecule has 3 heteroatoms. The standard InChI is InChI=1S/C20H21NO2/c22-15-19-17-8-4-5-9-18(17)20(23-19)10-12-21(13-11-20)14-16-6-2-1-3-7-16/h1-9,15,19H,10-14H2. The number of carbonyl (C=O) groups excluding carboxylic acids is 1. The molecule has 1 unspecified atom stereocenters. The summed E-state index contributed by atoms with van der Waals surface area (Å²) in [5.41, 5.74) is 3.35. The first-order valence-corrected chi connectivity index (χ1v) is 8.29. The van der Waals surface area contributed by atoms with E-state index in [9.17, 15) is 4.79 Å². The number of benzene rings is 2. The van der Waals surface area contributed by atoms with Crippen molar-refractivity contribution in [3.05, 3.63) is 71.3 Å². The molecular weight excluding hydrogens is 286 g/mol. The van der Waals surface area contributed by atoms with Crippen molar-refractivity contribution < 1.29 is 9.53 Å². The monoisotopic (exact) mass is 307 g/mol. The molecule has 1 atom stereocenters. The number of likely N-dealkylation sites (tertiary alicyclic amines) is 1. The average molecular weight is 307 g/mol. The fourth-order valence-electron chi connectivity index (χ4n) is 3.93. The van der Waals surface area contributed by atoms with Gasteiger partial charge in [0, 0.05) is 19.6 Å². The molecule has 1 saturated heterocycles. The molecule has 4 rings (SSSR count). The van der Waals surface area contributed by atoms with Crippen LogP contribution in [0.5, 0.6) is 0 Å². The number of aldehydes is 1. The highest BCUT2D eigenvalue weighted by Gasteiger charge is 2.46. The van der Waals surface area contributed by atoms with Crippen LogP contribution in [0.15, 0.2) is 54.6 Å². The Hall–Kier alpha value is -1.97. The molecule has 23 heavy (non-hydrogen) atoms. The Balaban J connectivity index is 1.50. The fourth-order valence-corrected chi connectivity index (χ4v) is 3.93. The molecule has 2 aliphatic rings. The minimum absolute atomic E-state index is 0.268. The van der Waals surface area contributed by atoms with E-state index in [1.54, 1.807) is 0 Å². The molecule has 0 radical (unpaired) electrons. The van der Waals surface area contributed by atoms with Gasteiger partial charge in [0.05, 0.1) is 5.60 Å². The van der Waals surface area contributed by atoms with Gasteiger partial charge in [-0.25, -0.2) is 0 Å². The molecular formula is C20H21NO2. The third-order valence-electron chi connectivity index (χ3n) is 5.15. The molecule has 2 heterocycles. The van der Waals surface area contributed by atoms with E-state index in [4.69, 9.17) is 4.74 Å². The second-order valence-corrected chi connectivity index (χ2v) is 6.52. The van der Waals surface area contributed by atoms with Crippen LogP contribution in [0.25, 0.3) is 0 Å². The summed E-state index contributed by atoms with van der Waals surface area (Å²) in [6, 6.07) is 18.8. The number of nitrogens with zero attached hydrogens (tertiary/aromatic N) is 1. The van der Waals surface area contributed by atoms with Gasteiger partial charge >= 0.3 is 0 Å². The van der Waals surface area contributed by atoms with Crippen molar-refractivity contribution in [1.29, 1.82) is 0 Å². The SMILES string of the molecule is O=CC1OC2(CCN(Cc3ccccc3)CC2)c2ccccc21. The molecule has 2 aromatic carbocycles. The summed E-state index contributed by atoms with van der Waals surface area (Å²) in [6.45, 7) is 2.97. The molecule has 0 aromatic heterocycles. The van der Waals surface area contributed by atoms with Crippen molar-refractivity contribution >= 4 is 6.29 Å². The van der Waals surface area contributed by atoms with E-state index in [2.05, 4.69) is 41.3 Å². The first-order chi connectivity index (χ1) is 11.3. The topological polar surface area (TPSA) is 29.5 Å². The summed E-state index contributed by atoms with van der Waals surface area (Å²) in [6.07, 6.45) is 2.43. The number of carbonyl (C=O) groups is 1. The third kappa shape index (κ3) is 2.60. The van der Waals surface area contributed by atoms with Gasteiger partial charge in [-0.1, -0.05) is 54.6 Å². The van der Waals surface area contributed by atoms with Crippen molar-refractivity contribution in [2.24, 2.45) is 0 Å². The Bertz CT molecular complexity index is 690. The number of fused-ring (bicyclic) bond motifs is 2. The maximum absolute atomic E-state index is 11.4. The van der Waals surface area contributed by atoms with Crippen molar-refractivity contribution in [2.75, 3.05) is 13.1 Å². The van der Waals surface area contributed by atoms with Crippen LogP contribution in [0, 0.1) is 0 Å². The van der Waals surface area contributed by atoms with Gasteiger partial charge in [-0.2, -0.15) is 0 Å². The zero-order valence-corrected chi connectivity index (χ0v) is 13.2. The summed E-state index contributed by atoms with van der Waals surface area (Å²) in [5.74, 6) is 0.